The summed E-state index contributed by atoms with van der Waals surface area (Å²) in [5.41, 5.74) is 4.91. The Bertz CT molecular complexity index is 825. The minimum atomic E-state index is 0.428. The van der Waals surface area contributed by atoms with Crippen molar-refractivity contribution in [1.29, 1.82) is 0 Å². The monoisotopic (exact) mass is 362 g/mol. The first-order chi connectivity index (χ1) is 13.2. The number of methoxy groups -OCH3 is 1. The van der Waals surface area contributed by atoms with Crippen LogP contribution < -0.4 is 4.74 Å². The van der Waals surface area contributed by atoms with E-state index in [-0.39, 0.29) is 0 Å². The van der Waals surface area contributed by atoms with Crippen LogP contribution in [0.5, 0.6) is 11.5 Å². The third-order valence-corrected chi connectivity index (χ3v) is 7.95. The van der Waals surface area contributed by atoms with Crippen molar-refractivity contribution in [2.24, 2.45) is 17.3 Å². The molecule has 2 aromatic rings. The Morgan fingerprint density at radius 2 is 1.89 bits per heavy atom. The van der Waals surface area contributed by atoms with Crippen LogP contribution in [0.1, 0.15) is 61.1 Å². The number of aromatic hydroxyl groups is 1. The molecule has 27 heavy (non-hydrogen) atoms. The van der Waals surface area contributed by atoms with E-state index in [1.54, 1.807) is 7.11 Å². The number of phenols is 1. The van der Waals surface area contributed by atoms with E-state index in [1.807, 2.05) is 12.1 Å². The fraction of sp³-hybridized carbons (Fsp3) is 0.520. The number of fused-ring (bicyclic) bond motifs is 5. The molecule has 4 atom stereocenters. The summed E-state index contributed by atoms with van der Waals surface area (Å²) in [6.07, 6.45) is 10.5. The third kappa shape index (κ3) is 2.85. The number of benzene rings is 2. The Kier molecular flexibility index (Phi) is 4.18. The van der Waals surface area contributed by atoms with Gasteiger partial charge < -0.3 is 9.84 Å². The molecule has 0 bridgehead atoms. The minimum absolute atomic E-state index is 0.428. The molecule has 2 heteroatoms. The van der Waals surface area contributed by atoms with Crippen molar-refractivity contribution >= 4 is 0 Å². The van der Waals surface area contributed by atoms with Crippen LogP contribution in [-0.4, -0.2) is 12.2 Å². The van der Waals surface area contributed by atoms with Crippen molar-refractivity contribution in [1.82, 2.24) is 0 Å². The molecular formula is C25H30O2. The van der Waals surface area contributed by atoms with Gasteiger partial charge in [0.25, 0.3) is 0 Å². The molecule has 0 heterocycles. The van der Waals surface area contributed by atoms with Gasteiger partial charge in [0.15, 0.2) is 0 Å². The van der Waals surface area contributed by atoms with Gasteiger partial charge >= 0.3 is 0 Å². The lowest BCUT2D eigenvalue weighted by Gasteiger charge is -2.51. The number of hydrogen-bond donors (Lipinski definition) is 1. The van der Waals surface area contributed by atoms with Gasteiger partial charge in [0.1, 0.15) is 11.5 Å². The maximum Gasteiger partial charge on any atom is 0.118 e. The number of aryl methyl sites for hydroxylation is 1. The summed E-state index contributed by atoms with van der Waals surface area (Å²) < 4.78 is 5.34. The molecule has 2 saturated carbocycles. The SMILES string of the molecule is COc1ccc(C[C@@]23CCC[C@H]2[C@@H]2CCc4cc(O)ccc4[C@H]2CC3)cc1. The molecule has 3 aliphatic carbocycles. The Morgan fingerprint density at radius 1 is 1.04 bits per heavy atom. The fourth-order valence-corrected chi connectivity index (χ4v) is 6.82. The average molecular weight is 363 g/mol. The predicted octanol–water partition coefficient (Wildman–Crippen LogP) is 5.87. The van der Waals surface area contributed by atoms with Crippen LogP contribution in [0.15, 0.2) is 42.5 Å². The first-order valence-corrected chi connectivity index (χ1v) is 10.6. The number of hydrogen-bond acceptors (Lipinski definition) is 2. The van der Waals surface area contributed by atoms with Crippen LogP contribution in [-0.2, 0) is 12.8 Å². The molecule has 142 valence electrons. The molecule has 0 amide bonds. The highest BCUT2D eigenvalue weighted by molar-refractivity contribution is 5.40. The molecular weight excluding hydrogens is 332 g/mol. The molecule has 0 unspecified atom stereocenters. The van der Waals surface area contributed by atoms with Gasteiger partial charge in [-0.2, -0.15) is 0 Å². The Hall–Kier alpha value is -1.96. The molecule has 5 rings (SSSR count). The van der Waals surface area contributed by atoms with Gasteiger partial charge in [-0.3, -0.25) is 0 Å². The highest BCUT2D eigenvalue weighted by atomic mass is 16.5. The van der Waals surface area contributed by atoms with Crippen molar-refractivity contribution in [2.75, 3.05) is 7.11 Å². The zero-order valence-electron chi connectivity index (χ0n) is 16.3. The second-order valence-electron chi connectivity index (χ2n) is 9.12. The van der Waals surface area contributed by atoms with Crippen LogP contribution in [0.25, 0.3) is 0 Å². The van der Waals surface area contributed by atoms with E-state index in [0.29, 0.717) is 17.1 Å². The van der Waals surface area contributed by atoms with Crippen LogP contribution in [0.3, 0.4) is 0 Å². The molecule has 1 N–H and O–H groups in total. The Balaban J connectivity index is 1.42. The topological polar surface area (TPSA) is 29.5 Å². The first kappa shape index (κ1) is 17.2. The number of ether oxygens (including phenoxy) is 1. The molecule has 0 aliphatic heterocycles. The summed E-state index contributed by atoms with van der Waals surface area (Å²) in [6, 6.07) is 14.9. The fourth-order valence-electron chi connectivity index (χ4n) is 6.82. The smallest absolute Gasteiger partial charge is 0.118 e. The van der Waals surface area contributed by atoms with E-state index in [4.69, 9.17) is 4.74 Å². The van der Waals surface area contributed by atoms with Crippen molar-refractivity contribution in [3.8, 4) is 11.5 Å². The highest BCUT2D eigenvalue weighted by Gasteiger charge is 2.52. The van der Waals surface area contributed by atoms with E-state index in [0.717, 1.165) is 24.0 Å². The summed E-state index contributed by atoms with van der Waals surface area (Å²) in [6.45, 7) is 0. The lowest BCUT2D eigenvalue weighted by molar-refractivity contribution is 0.0443. The van der Waals surface area contributed by atoms with Gasteiger partial charge in [0.2, 0.25) is 0 Å². The van der Waals surface area contributed by atoms with E-state index in [1.165, 1.54) is 61.6 Å². The molecule has 2 fully saturated rings. The van der Waals surface area contributed by atoms with Crippen LogP contribution in [0.4, 0.5) is 0 Å². The van der Waals surface area contributed by atoms with Crippen molar-refractivity contribution in [3.63, 3.8) is 0 Å². The first-order valence-electron chi connectivity index (χ1n) is 10.6. The summed E-state index contributed by atoms with van der Waals surface area (Å²) in [5, 5.41) is 9.87. The number of rotatable bonds is 3. The van der Waals surface area contributed by atoms with Crippen molar-refractivity contribution < 1.29 is 9.84 Å². The highest BCUT2D eigenvalue weighted by Crippen LogP contribution is 2.62. The molecule has 2 aromatic carbocycles. The standard InChI is InChI=1S/C25H30O2/c1-27-20-8-4-17(5-9-20)16-25-13-2-3-24(25)23-10-6-18-15-19(26)7-11-21(18)22(23)12-14-25/h4-5,7-9,11,15,22-24,26H,2-3,6,10,12-14,16H2,1H3/t22-,23-,24+,25+/m1/s1. The van der Waals surface area contributed by atoms with Crippen molar-refractivity contribution in [3.05, 3.63) is 59.2 Å². The van der Waals surface area contributed by atoms with Gasteiger partial charge in [-0.25, -0.2) is 0 Å². The molecule has 2 nitrogen and oxygen atoms in total. The van der Waals surface area contributed by atoms with Crippen LogP contribution in [0, 0.1) is 17.3 Å². The lowest BCUT2D eigenvalue weighted by Crippen LogP contribution is -2.42. The molecule has 0 radical (unpaired) electrons. The van der Waals surface area contributed by atoms with E-state index < -0.39 is 0 Å². The van der Waals surface area contributed by atoms with E-state index >= 15 is 0 Å². The summed E-state index contributed by atoms with van der Waals surface area (Å²) in [4.78, 5) is 0. The second-order valence-corrected chi connectivity index (χ2v) is 9.12. The van der Waals surface area contributed by atoms with Gasteiger partial charge in [0.05, 0.1) is 7.11 Å². The average Bonchev–Trinajstić information content (AvgIpc) is 3.12. The molecule has 0 saturated heterocycles. The van der Waals surface area contributed by atoms with Gasteiger partial charge in [-0.1, -0.05) is 24.6 Å². The van der Waals surface area contributed by atoms with E-state index in [2.05, 4.69) is 30.3 Å². The lowest BCUT2D eigenvalue weighted by atomic mass is 9.54. The maximum absolute atomic E-state index is 9.87. The normalized spacial score (nSPS) is 31.7. The Morgan fingerprint density at radius 3 is 2.70 bits per heavy atom. The second kappa shape index (κ2) is 6.58. The molecule has 3 aliphatic rings. The minimum Gasteiger partial charge on any atom is -0.508 e. The third-order valence-electron chi connectivity index (χ3n) is 7.95. The zero-order chi connectivity index (χ0) is 18.4. The molecule has 0 aromatic heterocycles. The predicted molar refractivity (Wildman–Crippen MR) is 108 cm³/mol. The number of phenolic OH excluding ortho intramolecular Hbond substituents is 1. The summed E-state index contributed by atoms with van der Waals surface area (Å²) in [7, 11) is 1.74. The van der Waals surface area contributed by atoms with Gasteiger partial charge in [0, 0.05) is 0 Å². The zero-order valence-corrected chi connectivity index (χ0v) is 16.3. The summed E-state index contributed by atoms with van der Waals surface area (Å²) in [5.74, 6) is 3.78. The quantitative estimate of drug-likeness (QED) is 0.740. The van der Waals surface area contributed by atoms with Crippen molar-refractivity contribution in [2.45, 2.75) is 57.3 Å². The van der Waals surface area contributed by atoms with Gasteiger partial charge in [-0.15, -0.1) is 0 Å². The Labute approximate surface area is 162 Å². The van der Waals surface area contributed by atoms with E-state index in [9.17, 15) is 5.11 Å². The van der Waals surface area contributed by atoms with Gasteiger partial charge in [-0.05, 0) is 109 Å². The largest absolute Gasteiger partial charge is 0.508 e. The molecule has 0 spiro atoms. The van der Waals surface area contributed by atoms with Crippen LogP contribution >= 0.6 is 0 Å². The summed E-state index contributed by atoms with van der Waals surface area (Å²) >= 11 is 0. The van der Waals surface area contributed by atoms with Crippen LogP contribution in [0.2, 0.25) is 0 Å². The maximum atomic E-state index is 9.87.